The van der Waals surface area contributed by atoms with Crippen LogP contribution in [0.1, 0.15) is 30.4 Å². The van der Waals surface area contributed by atoms with Crippen LogP contribution in [0.15, 0.2) is 18.2 Å². The van der Waals surface area contributed by atoms with Crippen molar-refractivity contribution in [2.24, 2.45) is 0 Å². The van der Waals surface area contributed by atoms with Crippen LogP contribution in [0.5, 0.6) is 5.75 Å². The van der Waals surface area contributed by atoms with Gasteiger partial charge in [0.25, 0.3) is 5.91 Å². The molecule has 1 aromatic rings. The molecule has 0 aromatic heterocycles. The predicted molar refractivity (Wildman–Crippen MR) is 78.4 cm³/mol. The third kappa shape index (κ3) is 3.74. The number of likely N-dealkylation sites (tertiary alicyclic amines) is 1. The van der Waals surface area contributed by atoms with Crippen molar-refractivity contribution in [1.82, 2.24) is 4.90 Å². The number of ether oxygens (including phenoxy) is 1. The van der Waals surface area contributed by atoms with Gasteiger partial charge in [-0.05, 0) is 56.4 Å². The number of carboxylic acids is 1. The number of nitrogens with zero attached hydrogens (tertiary/aromatic N) is 1. The molecule has 21 heavy (non-hydrogen) atoms. The van der Waals surface area contributed by atoms with Crippen molar-refractivity contribution in [2.45, 2.75) is 39.2 Å². The second-order valence-electron chi connectivity index (χ2n) is 5.47. The van der Waals surface area contributed by atoms with Gasteiger partial charge >= 0.3 is 5.97 Å². The van der Waals surface area contributed by atoms with E-state index in [2.05, 4.69) is 0 Å². The number of benzene rings is 1. The van der Waals surface area contributed by atoms with Gasteiger partial charge < -0.3 is 14.7 Å². The smallest absolute Gasteiger partial charge is 0.326 e. The summed E-state index contributed by atoms with van der Waals surface area (Å²) >= 11 is 0. The molecule has 0 aliphatic carbocycles. The van der Waals surface area contributed by atoms with E-state index in [1.54, 1.807) is 0 Å². The van der Waals surface area contributed by atoms with Crippen LogP contribution >= 0.6 is 0 Å². The summed E-state index contributed by atoms with van der Waals surface area (Å²) in [4.78, 5) is 24.8. The fraction of sp³-hybridized carbons (Fsp3) is 0.500. The molecule has 5 heteroatoms. The zero-order chi connectivity index (χ0) is 15.4. The largest absolute Gasteiger partial charge is 0.484 e. The molecule has 1 heterocycles. The highest BCUT2D eigenvalue weighted by atomic mass is 16.5. The average molecular weight is 291 g/mol. The van der Waals surface area contributed by atoms with Crippen molar-refractivity contribution in [3.8, 4) is 5.75 Å². The van der Waals surface area contributed by atoms with Crippen LogP contribution in [0.3, 0.4) is 0 Å². The van der Waals surface area contributed by atoms with E-state index >= 15 is 0 Å². The molecule has 1 unspecified atom stereocenters. The Morgan fingerprint density at radius 1 is 1.29 bits per heavy atom. The van der Waals surface area contributed by atoms with Gasteiger partial charge in [0.15, 0.2) is 6.61 Å². The average Bonchev–Trinajstić information content (AvgIpc) is 2.48. The van der Waals surface area contributed by atoms with Gasteiger partial charge in [0.05, 0.1) is 0 Å². The molecule has 5 nitrogen and oxygen atoms in total. The molecular formula is C16H21NO4. The number of carbonyl (C=O) groups is 2. The van der Waals surface area contributed by atoms with Gasteiger partial charge in [-0.25, -0.2) is 4.79 Å². The van der Waals surface area contributed by atoms with Crippen molar-refractivity contribution in [3.63, 3.8) is 0 Å². The fourth-order valence-electron chi connectivity index (χ4n) is 2.52. The van der Waals surface area contributed by atoms with Gasteiger partial charge in [-0.3, -0.25) is 4.79 Å². The van der Waals surface area contributed by atoms with Gasteiger partial charge in [0.1, 0.15) is 11.8 Å². The Bertz CT molecular complexity index is 541. The monoisotopic (exact) mass is 291 g/mol. The van der Waals surface area contributed by atoms with Crippen LogP contribution < -0.4 is 4.74 Å². The molecule has 1 fully saturated rings. The highest BCUT2D eigenvalue weighted by Gasteiger charge is 2.31. The molecule has 0 bridgehead atoms. The highest BCUT2D eigenvalue weighted by molar-refractivity contribution is 5.84. The molecule has 0 spiro atoms. The van der Waals surface area contributed by atoms with E-state index in [9.17, 15) is 14.7 Å². The first-order valence-corrected chi connectivity index (χ1v) is 7.21. The molecule has 1 aliphatic rings. The number of carbonyl (C=O) groups excluding carboxylic acids is 1. The molecule has 114 valence electrons. The van der Waals surface area contributed by atoms with Gasteiger partial charge in [-0.1, -0.05) is 6.07 Å². The maximum Gasteiger partial charge on any atom is 0.326 e. The number of aliphatic carboxylic acids is 1. The molecule has 1 aromatic carbocycles. The standard InChI is InChI=1S/C16H21NO4/c1-11-6-7-13(9-12(11)2)21-10-15(18)17-8-4-3-5-14(17)16(19)20/h6-7,9,14H,3-5,8,10H2,1-2H3,(H,19,20). The van der Waals surface area contributed by atoms with E-state index in [0.29, 0.717) is 18.7 Å². The van der Waals surface area contributed by atoms with Crippen LogP contribution in [-0.2, 0) is 9.59 Å². The van der Waals surface area contributed by atoms with Crippen LogP contribution in [0.4, 0.5) is 0 Å². The third-order valence-corrected chi connectivity index (χ3v) is 3.95. The Morgan fingerprint density at radius 2 is 2.05 bits per heavy atom. The van der Waals surface area contributed by atoms with Gasteiger partial charge in [-0.15, -0.1) is 0 Å². The van der Waals surface area contributed by atoms with Crippen molar-refractivity contribution in [3.05, 3.63) is 29.3 Å². The first-order chi connectivity index (χ1) is 9.99. The minimum atomic E-state index is -0.936. The van der Waals surface area contributed by atoms with Gasteiger partial charge in [-0.2, -0.15) is 0 Å². The quantitative estimate of drug-likeness (QED) is 0.923. The molecule has 1 aliphatic heterocycles. The summed E-state index contributed by atoms with van der Waals surface area (Å²) in [7, 11) is 0. The zero-order valence-corrected chi connectivity index (χ0v) is 12.5. The molecule has 1 saturated heterocycles. The van der Waals surface area contributed by atoms with Crippen LogP contribution in [-0.4, -0.2) is 41.1 Å². The van der Waals surface area contributed by atoms with Crippen molar-refractivity contribution >= 4 is 11.9 Å². The number of piperidine rings is 1. The number of rotatable bonds is 4. The van der Waals surface area contributed by atoms with E-state index in [1.807, 2.05) is 32.0 Å². The third-order valence-electron chi connectivity index (χ3n) is 3.95. The van der Waals surface area contributed by atoms with E-state index in [4.69, 9.17) is 4.74 Å². The Hall–Kier alpha value is -2.04. The second kappa shape index (κ2) is 6.61. The van der Waals surface area contributed by atoms with Gasteiger partial charge in [0, 0.05) is 6.54 Å². The molecule has 1 amide bonds. The van der Waals surface area contributed by atoms with Crippen molar-refractivity contribution < 1.29 is 19.4 Å². The summed E-state index contributed by atoms with van der Waals surface area (Å²) < 4.78 is 5.50. The molecular weight excluding hydrogens is 270 g/mol. The Labute approximate surface area is 124 Å². The molecule has 0 radical (unpaired) electrons. The minimum Gasteiger partial charge on any atom is -0.484 e. The molecule has 2 rings (SSSR count). The SMILES string of the molecule is Cc1ccc(OCC(=O)N2CCCCC2C(=O)O)cc1C. The zero-order valence-electron chi connectivity index (χ0n) is 12.5. The number of hydrogen-bond acceptors (Lipinski definition) is 3. The highest BCUT2D eigenvalue weighted by Crippen LogP contribution is 2.19. The lowest BCUT2D eigenvalue weighted by atomic mass is 10.0. The Morgan fingerprint density at radius 3 is 2.71 bits per heavy atom. The molecule has 0 saturated carbocycles. The van der Waals surface area contributed by atoms with E-state index in [1.165, 1.54) is 4.90 Å². The summed E-state index contributed by atoms with van der Waals surface area (Å²) in [5, 5.41) is 9.18. The van der Waals surface area contributed by atoms with Crippen molar-refractivity contribution in [2.75, 3.05) is 13.2 Å². The van der Waals surface area contributed by atoms with Crippen molar-refractivity contribution in [1.29, 1.82) is 0 Å². The lowest BCUT2D eigenvalue weighted by molar-refractivity contribution is -0.152. The van der Waals surface area contributed by atoms with Crippen LogP contribution in [0.2, 0.25) is 0 Å². The second-order valence-corrected chi connectivity index (χ2v) is 5.47. The van der Waals surface area contributed by atoms with Crippen LogP contribution in [0.25, 0.3) is 0 Å². The summed E-state index contributed by atoms with van der Waals surface area (Å²) in [5.41, 5.74) is 2.26. The summed E-state index contributed by atoms with van der Waals surface area (Å²) in [6, 6.07) is 4.93. The lowest BCUT2D eigenvalue weighted by Crippen LogP contribution is -2.49. The van der Waals surface area contributed by atoms with E-state index < -0.39 is 12.0 Å². The molecule has 1 atom stereocenters. The minimum absolute atomic E-state index is 0.119. The summed E-state index contributed by atoms with van der Waals surface area (Å²) in [6.45, 7) is 4.36. The normalized spacial score (nSPS) is 18.4. The topological polar surface area (TPSA) is 66.8 Å². The van der Waals surface area contributed by atoms with Crippen LogP contribution in [0, 0.1) is 13.8 Å². The Balaban J connectivity index is 1.96. The summed E-state index contributed by atoms with van der Waals surface area (Å²) in [6.07, 6.45) is 2.21. The lowest BCUT2D eigenvalue weighted by Gasteiger charge is -2.32. The number of hydrogen-bond donors (Lipinski definition) is 1. The summed E-state index contributed by atoms with van der Waals surface area (Å²) in [5.74, 6) is -0.565. The predicted octanol–water partition coefficient (Wildman–Crippen LogP) is 2.15. The Kier molecular flexibility index (Phi) is 4.83. The first kappa shape index (κ1) is 15.4. The molecule has 1 N–H and O–H groups in total. The van der Waals surface area contributed by atoms with Gasteiger partial charge in [0.2, 0.25) is 0 Å². The number of amides is 1. The maximum absolute atomic E-state index is 12.2. The number of carboxylic acid groups (broad SMARTS) is 1. The maximum atomic E-state index is 12.2. The van der Waals surface area contributed by atoms with E-state index in [-0.39, 0.29) is 12.5 Å². The number of aryl methyl sites for hydroxylation is 2. The fourth-order valence-corrected chi connectivity index (χ4v) is 2.52. The van der Waals surface area contributed by atoms with E-state index in [0.717, 1.165) is 24.0 Å². The first-order valence-electron chi connectivity index (χ1n) is 7.21.